The Bertz CT molecular complexity index is 321. The quantitative estimate of drug-likeness (QED) is 0.661. The Morgan fingerprint density at radius 2 is 2.36 bits per heavy atom. The van der Waals surface area contributed by atoms with Gasteiger partial charge in [0.15, 0.2) is 5.82 Å². The van der Waals surface area contributed by atoms with Crippen molar-refractivity contribution >= 4 is 15.8 Å². The van der Waals surface area contributed by atoms with E-state index in [-0.39, 0.29) is 5.82 Å². The molecule has 0 aliphatic carbocycles. The molecule has 1 N–H and O–H groups in total. The Kier molecular flexibility index (Phi) is 2.04. The fraction of sp³-hybridized carbons (Fsp3) is 0.200. The summed E-state index contributed by atoms with van der Waals surface area (Å²) in [6.07, 6.45) is 6.03. The van der Waals surface area contributed by atoms with Crippen molar-refractivity contribution in [2.45, 2.75) is 0 Å². The Balaban J connectivity index is 2.82. The zero-order valence-corrected chi connectivity index (χ0v) is 6.59. The first-order valence-corrected chi connectivity index (χ1v) is 4.63. The summed E-state index contributed by atoms with van der Waals surface area (Å²) in [5, 5.41) is 0. The van der Waals surface area contributed by atoms with E-state index in [0.717, 1.165) is 6.26 Å². The fourth-order valence-corrected chi connectivity index (χ4v) is 0.991. The van der Waals surface area contributed by atoms with Crippen molar-refractivity contribution < 1.29 is 8.42 Å². The van der Waals surface area contributed by atoms with Crippen LogP contribution in [0.1, 0.15) is 0 Å². The van der Waals surface area contributed by atoms with Crippen LogP contribution in [0.3, 0.4) is 0 Å². The molecule has 0 spiro atoms. The van der Waals surface area contributed by atoms with Crippen LogP contribution in [0, 0.1) is 6.20 Å². The normalized spacial score (nSPS) is 11.0. The molecule has 1 radical (unpaired) electrons. The van der Waals surface area contributed by atoms with Gasteiger partial charge in [-0.05, 0) is 0 Å². The van der Waals surface area contributed by atoms with E-state index in [4.69, 9.17) is 0 Å². The molecule has 5 nitrogen and oxygen atoms in total. The van der Waals surface area contributed by atoms with Gasteiger partial charge in [-0.2, -0.15) is 0 Å². The molecule has 1 aromatic heterocycles. The molecule has 0 amide bonds. The van der Waals surface area contributed by atoms with Crippen LogP contribution in [0.4, 0.5) is 5.82 Å². The predicted molar refractivity (Wildman–Crippen MR) is 39.3 cm³/mol. The van der Waals surface area contributed by atoms with E-state index in [1.54, 1.807) is 0 Å². The highest BCUT2D eigenvalue weighted by Gasteiger charge is 2.00. The van der Waals surface area contributed by atoms with Gasteiger partial charge in [-0.3, -0.25) is 4.72 Å². The summed E-state index contributed by atoms with van der Waals surface area (Å²) in [6.45, 7) is 0. The smallest absolute Gasteiger partial charge is 0.231 e. The highest BCUT2D eigenvalue weighted by atomic mass is 32.2. The first kappa shape index (κ1) is 7.93. The summed E-state index contributed by atoms with van der Waals surface area (Å²) < 4.78 is 23.4. The molecule has 11 heavy (non-hydrogen) atoms. The Labute approximate surface area is 64.5 Å². The highest BCUT2D eigenvalue weighted by molar-refractivity contribution is 7.92. The molecule has 0 bridgehead atoms. The van der Waals surface area contributed by atoms with E-state index in [2.05, 4.69) is 20.9 Å². The van der Waals surface area contributed by atoms with Crippen LogP contribution in [0.25, 0.3) is 0 Å². The average Bonchev–Trinajstić information content (AvgIpc) is 1.85. The van der Waals surface area contributed by atoms with Gasteiger partial charge in [-0.15, -0.1) is 0 Å². The fourth-order valence-electron chi connectivity index (χ4n) is 0.506. The predicted octanol–water partition coefficient (Wildman–Crippen LogP) is -0.352. The topological polar surface area (TPSA) is 72.0 Å². The van der Waals surface area contributed by atoms with Crippen LogP contribution in [0.15, 0.2) is 12.4 Å². The molecule has 6 heteroatoms. The maximum atomic E-state index is 10.6. The number of aromatic nitrogens is 2. The van der Waals surface area contributed by atoms with E-state index < -0.39 is 10.0 Å². The second-order valence-electron chi connectivity index (χ2n) is 1.90. The first-order valence-electron chi connectivity index (χ1n) is 2.74. The van der Waals surface area contributed by atoms with Crippen molar-refractivity contribution in [2.75, 3.05) is 11.0 Å². The largest absolute Gasteiger partial charge is 0.266 e. The van der Waals surface area contributed by atoms with E-state index in [0.29, 0.717) is 0 Å². The van der Waals surface area contributed by atoms with E-state index >= 15 is 0 Å². The van der Waals surface area contributed by atoms with E-state index in [9.17, 15) is 8.42 Å². The number of sulfonamides is 1. The molecule has 0 aromatic carbocycles. The van der Waals surface area contributed by atoms with E-state index in [1.807, 2.05) is 0 Å². The lowest BCUT2D eigenvalue weighted by molar-refractivity contribution is 0.606. The lowest BCUT2D eigenvalue weighted by Gasteiger charge is -1.98. The second kappa shape index (κ2) is 2.83. The first-order chi connectivity index (χ1) is 5.08. The van der Waals surface area contributed by atoms with Crippen LogP contribution in [-0.4, -0.2) is 24.6 Å². The van der Waals surface area contributed by atoms with Crippen molar-refractivity contribution in [2.24, 2.45) is 0 Å². The van der Waals surface area contributed by atoms with Gasteiger partial charge in [0, 0.05) is 0 Å². The van der Waals surface area contributed by atoms with Gasteiger partial charge in [-0.1, -0.05) is 0 Å². The zero-order valence-electron chi connectivity index (χ0n) is 5.77. The molecule has 0 unspecified atom stereocenters. The molecule has 1 aromatic rings. The lowest BCUT2D eigenvalue weighted by atomic mass is 10.7. The maximum Gasteiger partial charge on any atom is 0.231 e. The summed E-state index contributed by atoms with van der Waals surface area (Å²) in [4.78, 5) is 7.21. The van der Waals surface area contributed by atoms with Gasteiger partial charge in [0.1, 0.15) is 6.20 Å². The van der Waals surface area contributed by atoms with Crippen molar-refractivity contribution in [3.63, 3.8) is 0 Å². The number of rotatable bonds is 2. The third-order valence-corrected chi connectivity index (χ3v) is 1.39. The molecule has 0 saturated carbocycles. The van der Waals surface area contributed by atoms with Crippen molar-refractivity contribution in [1.82, 2.24) is 9.97 Å². The minimum Gasteiger partial charge on any atom is -0.266 e. The standard InChI is InChI=1S/C5H6N3O2S/c1-11(9,10)8-5-4-6-2-3-7-5/h3-4H,1H3,(H,7,8). The summed E-state index contributed by atoms with van der Waals surface area (Å²) >= 11 is 0. The highest BCUT2D eigenvalue weighted by Crippen LogP contribution is 1.98. The summed E-state index contributed by atoms with van der Waals surface area (Å²) in [5.74, 6) is 0.200. The average molecular weight is 172 g/mol. The van der Waals surface area contributed by atoms with Crippen LogP contribution in [0.5, 0.6) is 0 Å². The molecule has 0 atom stereocenters. The Morgan fingerprint density at radius 3 is 2.82 bits per heavy atom. The Morgan fingerprint density at radius 1 is 1.64 bits per heavy atom. The van der Waals surface area contributed by atoms with Crippen LogP contribution >= 0.6 is 0 Å². The Hall–Kier alpha value is -1.17. The van der Waals surface area contributed by atoms with Gasteiger partial charge >= 0.3 is 0 Å². The lowest BCUT2D eigenvalue weighted by Crippen LogP contribution is -2.10. The van der Waals surface area contributed by atoms with Gasteiger partial charge in [0.05, 0.1) is 18.6 Å². The molecule has 1 rings (SSSR count). The van der Waals surface area contributed by atoms with Crippen molar-refractivity contribution in [1.29, 1.82) is 0 Å². The maximum absolute atomic E-state index is 10.6. The molecule has 1 heterocycles. The van der Waals surface area contributed by atoms with Crippen molar-refractivity contribution in [3.8, 4) is 0 Å². The minimum atomic E-state index is -3.24. The monoisotopic (exact) mass is 172 g/mol. The van der Waals surface area contributed by atoms with Gasteiger partial charge < -0.3 is 0 Å². The molecule has 0 aliphatic heterocycles. The molecule has 59 valence electrons. The number of nitrogens with one attached hydrogen (secondary N) is 1. The summed E-state index contributed by atoms with van der Waals surface area (Å²) in [7, 11) is -3.24. The summed E-state index contributed by atoms with van der Waals surface area (Å²) in [6, 6.07) is 0. The van der Waals surface area contributed by atoms with Crippen LogP contribution in [0.2, 0.25) is 0 Å². The second-order valence-corrected chi connectivity index (χ2v) is 3.65. The molecule has 0 fully saturated rings. The molecule has 0 aliphatic rings. The van der Waals surface area contributed by atoms with Gasteiger partial charge in [0.25, 0.3) is 0 Å². The number of anilines is 1. The van der Waals surface area contributed by atoms with Crippen molar-refractivity contribution in [3.05, 3.63) is 18.6 Å². The SMILES string of the molecule is CS(=O)(=O)Nc1cn[c]cn1. The number of nitrogens with zero attached hydrogens (tertiary/aromatic N) is 2. The third kappa shape index (κ3) is 2.94. The minimum absolute atomic E-state index is 0.200. The van der Waals surface area contributed by atoms with Crippen LogP contribution in [-0.2, 0) is 10.0 Å². The van der Waals surface area contributed by atoms with E-state index in [1.165, 1.54) is 12.4 Å². The molecule has 0 saturated heterocycles. The number of hydrogen-bond acceptors (Lipinski definition) is 4. The van der Waals surface area contributed by atoms with Gasteiger partial charge in [-0.25, -0.2) is 18.4 Å². The third-order valence-electron chi connectivity index (χ3n) is 0.813. The summed E-state index contributed by atoms with van der Waals surface area (Å²) in [5.41, 5.74) is 0. The number of hydrogen-bond donors (Lipinski definition) is 1. The van der Waals surface area contributed by atoms with Crippen LogP contribution < -0.4 is 4.72 Å². The molecular weight excluding hydrogens is 166 g/mol. The van der Waals surface area contributed by atoms with Gasteiger partial charge in [0.2, 0.25) is 10.0 Å². The molecular formula is C5H6N3O2S. The zero-order chi connectivity index (χ0) is 8.32.